The molecule has 0 bridgehead atoms. The molecule has 0 saturated carbocycles. The highest BCUT2D eigenvalue weighted by Crippen LogP contribution is 2.25. The number of nitrogens with one attached hydrogen (secondary N) is 1. The lowest BCUT2D eigenvalue weighted by Crippen LogP contribution is -2.21. The predicted octanol–water partition coefficient (Wildman–Crippen LogP) is 2.44. The Labute approximate surface area is 151 Å². The van der Waals surface area contributed by atoms with E-state index in [4.69, 9.17) is 18.9 Å². The van der Waals surface area contributed by atoms with Crippen LogP contribution in [0, 0.1) is 0 Å². The van der Waals surface area contributed by atoms with E-state index in [0.29, 0.717) is 22.9 Å². The minimum absolute atomic E-state index is 0.0737. The molecule has 0 aromatic heterocycles. The molecule has 0 aliphatic rings. The Kier molecular flexibility index (Phi) is 6.84. The Morgan fingerprint density at radius 2 is 1.42 bits per heavy atom. The third-order valence-electron chi connectivity index (χ3n) is 3.51. The molecule has 138 valence electrons. The van der Waals surface area contributed by atoms with Gasteiger partial charge in [0.15, 0.2) is 6.61 Å². The molecule has 1 N–H and O–H groups in total. The van der Waals surface area contributed by atoms with Crippen molar-refractivity contribution in [2.24, 2.45) is 0 Å². The maximum Gasteiger partial charge on any atom is 0.310 e. The highest BCUT2D eigenvalue weighted by atomic mass is 16.5. The highest BCUT2D eigenvalue weighted by molar-refractivity contribution is 5.93. The average Bonchev–Trinajstić information content (AvgIpc) is 2.66. The van der Waals surface area contributed by atoms with Crippen molar-refractivity contribution in [3.63, 3.8) is 0 Å². The first kappa shape index (κ1) is 19.1. The summed E-state index contributed by atoms with van der Waals surface area (Å²) >= 11 is 0. The first-order valence-corrected chi connectivity index (χ1v) is 7.85. The quantitative estimate of drug-likeness (QED) is 0.729. The topological polar surface area (TPSA) is 83.1 Å². The van der Waals surface area contributed by atoms with Crippen molar-refractivity contribution in [3.05, 3.63) is 48.0 Å². The predicted molar refractivity (Wildman–Crippen MR) is 95.8 cm³/mol. The molecule has 2 rings (SSSR count). The molecule has 0 heterocycles. The van der Waals surface area contributed by atoms with Crippen LogP contribution in [0.25, 0.3) is 0 Å². The summed E-state index contributed by atoms with van der Waals surface area (Å²) in [5.74, 6) is 0.833. The number of carbonyl (C=O) groups excluding carboxylic acids is 2. The molecule has 2 aromatic rings. The number of amides is 1. The van der Waals surface area contributed by atoms with Crippen LogP contribution in [0.3, 0.4) is 0 Å². The second-order valence-electron chi connectivity index (χ2n) is 5.34. The average molecular weight is 359 g/mol. The fraction of sp³-hybridized carbons (Fsp3) is 0.263. The monoisotopic (exact) mass is 359 g/mol. The number of anilines is 1. The van der Waals surface area contributed by atoms with Crippen molar-refractivity contribution < 1.29 is 28.5 Å². The van der Waals surface area contributed by atoms with Crippen LogP contribution < -0.4 is 19.5 Å². The van der Waals surface area contributed by atoms with Crippen LogP contribution >= 0.6 is 0 Å². The summed E-state index contributed by atoms with van der Waals surface area (Å²) in [6, 6.07) is 12.0. The van der Waals surface area contributed by atoms with Crippen LogP contribution in [0.1, 0.15) is 5.56 Å². The lowest BCUT2D eigenvalue weighted by Gasteiger charge is -2.10. The highest BCUT2D eigenvalue weighted by Gasteiger charge is 2.10. The van der Waals surface area contributed by atoms with E-state index in [1.165, 1.54) is 14.2 Å². The van der Waals surface area contributed by atoms with Crippen LogP contribution in [0.15, 0.2) is 42.5 Å². The van der Waals surface area contributed by atoms with Gasteiger partial charge in [-0.2, -0.15) is 0 Å². The van der Waals surface area contributed by atoms with E-state index in [-0.39, 0.29) is 13.0 Å². The second-order valence-corrected chi connectivity index (χ2v) is 5.34. The summed E-state index contributed by atoms with van der Waals surface area (Å²) in [6.45, 7) is -0.380. The lowest BCUT2D eigenvalue weighted by molar-refractivity contribution is -0.146. The zero-order valence-corrected chi connectivity index (χ0v) is 14.9. The van der Waals surface area contributed by atoms with Gasteiger partial charge >= 0.3 is 5.97 Å². The van der Waals surface area contributed by atoms with Crippen LogP contribution in [0.2, 0.25) is 0 Å². The first-order chi connectivity index (χ1) is 12.5. The number of carbonyl (C=O) groups is 2. The van der Waals surface area contributed by atoms with E-state index < -0.39 is 11.9 Å². The van der Waals surface area contributed by atoms with E-state index in [0.717, 1.165) is 5.56 Å². The smallest absolute Gasteiger partial charge is 0.310 e. The van der Waals surface area contributed by atoms with Crippen molar-refractivity contribution in [3.8, 4) is 17.2 Å². The number of esters is 1. The van der Waals surface area contributed by atoms with Gasteiger partial charge in [-0.25, -0.2) is 0 Å². The number of benzene rings is 2. The van der Waals surface area contributed by atoms with E-state index in [1.807, 2.05) is 0 Å². The van der Waals surface area contributed by atoms with Gasteiger partial charge in [-0.3, -0.25) is 9.59 Å². The van der Waals surface area contributed by atoms with Gasteiger partial charge in [0, 0.05) is 23.9 Å². The number of ether oxygens (including phenoxy) is 4. The van der Waals surface area contributed by atoms with E-state index in [9.17, 15) is 9.59 Å². The van der Waals surface area contributed by atoms with E-state index in [2.05, 4.69) is 5.32 Å². The molecule has 0 fully saturated rings. The molecule has 0 aliphatic heterocycles. The summed E-state index contributed by atoms with van der Waals surface area (Å²) in [6.07, 6.45) is 0.0737. The van der Waals surface area contributed by atoms with Gasteiger partial charge < -0.3 is 24.3 Å². The zero-order valence-electron chi connectivity index (χ0n) is 14.9. The van der Waals surface area contributed by atoms with Gasteiger partial charge in [0.05, 0.1) is 27.8 Å². The Hall–Kier alpha value is -3.22. The number of methoxy groups -OCH3 is 3. The molecule has 0 aliphatic carbocycles. The van der Waals surface area contributed by atoms with Crippen molar-refractivity contribution in [2.75, 3.05) is 33.3 Å². The Morgan fingerprint density at radius 1 is 0.846 bits per heavy atom. The number of hydrogen-bond acceptors (Lipinski definition) is 6. The molecule has 0 unspecified atom stereocenters. The van der Waals surface area contributed by atoms with E-state index >= 15 is 0 Å². The normalized spacial score (nSPS) is 9.96. The van der Waals surface area contributed by atoms with E-state index in [1.54, 1.807) is 49.6 Å². The summed E-state index contributed by atoms with van der Waals surface area (Å²) in [5, 5.41) is 2.63. The van der Waals surface area contributed by atoms with Gasteiger partial charge in [0.2, 0.25) is 0 Å². The van der Waals surface area contributed by atoms with Gasteiger partial charge in [0.1, 0.15) is 17.2 Å². The standard InChI is InChI=1S/C19H21NO6/c1-23-15-6-4-13(5-7-15)8-19(22)26-12-18(21)20-14-9-16(24-2)11-17(10-14)25-3/h4-7,9-11H,8,12H2,1-3H3,(H,20,21). The number of rotatable bonds is 8. The molecule has 0 atom stereocenters. The maximum atomic E-state index is 12.0. The third kappa shape index (κ3) is 5.70. The molecule has 1 amide bonds. The first-order valence-electron chi connectivity index (χ1n) is 7.85. The zero-order chi connectivity index (χ0) is 18.9. The molecule has 26 heavy (non-hydrogen) atoms. The van der Waals surface area contributed by atoms with Crippen molar-refractivity contribution >= 4 is 17.6 Å². The molecular formula is C19H21NO6. The minimum Gasteiger partial charge on any atom is -0.497 e. The summed E-state index contributed by atoms with van der Waals surface area (Å²) in [5.41, 5.74) is 1.26. The van der Waals surface area contributed by atoms with Crippen LogP contribution in [0.5, 0.6) is 17.2 Å². The summed E-state index contributed by atoms with van der Waals surface area (Å²) in [7, 11) is 4.60. The van der Waals surface area contributed by atoms with Crippen LogP contribution in [-0.4, -0.2) is 39.8 Å². The molecule has 0 saturated heterocycles. The molecule has 0 spiro atoms. The summed E-state index contributed by atoms with van der Waals surface area (Å²) in [4.78, 5) is 23.8. The maximum absolute atomic E-state index is 12.0. The molecular weight excluding hydrogens is 338 g/mol. The fourth-order valence-corrected chi connectivity index (χ4v) is 2.18. The lowest BCUT2D eigenvalue weighted by atomic mass is 10.1. The Balaban J connectivity index is 1.85. The molecule has 0 radical (unpaired) electrons. The third-order valence-corrected chi connectivity index (χ3v) is 3.51. The van der Waals surface area contributed by atoms with Gasteiger partial charge in [-0.15, -0.1) is 0 Å². The fourth-order valence-electron chi connectivity index (χ4n) is 2.18. The van der Waals surface area contributed by atoms with Crippen molar-refractivity contribution in [1.82, 2.24) is 0 Å². The SMILES string of the molecule is COc1ccc(CC(=O)OCC(=O)Nc2cc(OC)cc(OC)c2)cc1. The molecule has 2 aromatic carbocycles. The van der Waals surface area contributed by atoms with Crippen LogP contribution in [-0.2, 0) is 20.7 Å². The van der Waals surface area contributed by atoms with Crippen LogP contribution in [0.4, 0.5) is 5.69 Å². The minimum atomic E-state index is -0.492. The van der Waals surface area contributed by atoms with Gasteiger partial charge in [-0.05, 0) is 17.7 Å². The summed E-state index contributed by atoms with van der Waals surface area (Å²) < 4.78 is 20.3. The van der Waals surface area contributed by atoms with Gasteiger partial charge in [-0.1, -0.05) is 12.1 Å². The molecule has 7 nitrogen and oxygen atoms in total. The number of hydrogen-bond donors (Lipinski definition) is 1. The second kappa shape index (κ2) is 9.31. The Morgan fingerprint density at radius 3 is 1.96 bits per heavy atom. The molecule has 7 heteroatoms. The largest absolute Gasteiger partial charge is 0.497 e. The van der Waals surface area contributed by atoms with Crippen molar-refractivity contribution in [2.45, 2.75) is 6.42 Å². The van der Waals surface area contributed by atoms with Crippen molar-refractivity contribution in [1.29, 1.82) is 0 Å². The Bertz CT molecular complexity index is 735. The van der Waals surface area contributed by atoms with Gasteiger partial charge in [0.25, 0.3) is 5.91 Å².